The van der Waals surface area contributed by atoms with Crippen LogP contribution in [0.5, 0.6) is 0 Å². The Morgan fingerprint density at radius 3 is 2.64 bits per heavy atom. The SMILES string of the molecule is Cc1cc(C(=O)NCC2(C)CCCN(C(=O)C(C)(C)c3ccccc3)C2)n[nH]1. The monoisotopic (exact) mass is 382 g/mol. The number of likely N-dealkylation sites (tertiary alicyclic amines) is 1. The number of aromatic nitrogens is 2. The minimum Gasteiger partial charge on any atom is -0.350 e. The third-order valence-electron chi connectivity index (χ3n) is 5.71. The van der Waals surface area contributed by atoms with Gasteiger partial charge in [-0.2, -0.15) is 5.10 Å². The Balaban J connectivity index is 1.65. The zero-order valence-corrected chi connectivity index (χ0v) is 17.2. The van der Waals surface area contributed by atoms with E-state index in [1.807, 2.05) is 56.0 Å². The average Bonchev–Trinajstić information content (AvgIpc) is 3.13. The summed E-state index contributed by atoms with van der Waals surface area (Å²) in [5, 5.41) is 9.79. The van der Waals surface area contributed by atoms with E-state index in [0.717, 1.165) is 30.6 Å². The predicted molar refractivity (Wildman–Crippen MR) is 109 cm³/mol. The lowest BCUT2D eigenvalue weighted by molar-refractivity contribution is -0.139. The number of rotatable bonds is 5. The third kappa shape index (κ3) is 4.26. The summed E-state index contributed by atoms with van der Waals surface area (Å²) in [5.41, 5.74) is 1.55. The molecule has 2 heterocycles. The summed E-state index contributed by atoms with van der Waals surface area (Å²) in [6.07, 6.45) is 1.91. The number of hydrogen-bond donors (Lipinski definition) is 2. The van der Waals surface area contributed by atoms with Gasteiger partial charge < -0.3 is 10.2 Å². The molecule has 2 aromatic rings. The molecule has 1 aromatic heterocycles. The zero-order valence-electron chi connectivity index (χ0n) is 17.2. The minimum absolute atomic E-state index is 0.138. The van der Waals surface area contributed by atoms with Gasteiger partial charge in [0.05, 0.1) is 5.41 Å². The fraction of sp³-hybridized carbons (Fsp3) is 0.500. The highest BCUT2D eigenvalue weighted by Gasteiger charge is 2.39. The van der Waals surface area contributed by atoms with Crippen molar-refractivity contribution in [3.05, 3.63) is 53.3 Å². The first-order valence-electron chi connectivity index (χ1n) is 9.86. The van der Waals surface area contributed by atoms with E-state index in [4.69, 9.17) is 0 Å². The lowest BCUT2D eigenvalue weighted by Crippen LogP contribution is -2.53. The molecule has 0 aliphatic carbocycles. The van der Waals surface area contributed by atoms with Crippen LogP contribution >= 0.6 is 0 Å². The highest BCUT2D eigenvalue weighted by Crippen LogP contribution is 2.33. The summed E-state index contributed by atoms with van der Waals surface area (Å²) in [6, 6.07) is 11.6. The van der Waals surface area contributed by atoms with Gasteiger partial charge in [0.15, 0.2) is 0 Å². The second-order valence-electron chi connectivity index (χ2n) is 8.75. The summed E-state index contributed by atoms with van der Waals surface area (Å²) in [5.74, 6) is -0.0440. The molecule has 1 atom stereocenters. The van der Waals surface area contributed by atoms with Crippen LogP contribution in [-0.2, 0) is 10.2 Å². The molecule has 1 aliphatic heterocycles. The second kappa shape index (κ2) is 7.78. The van der Waals surface area contributed by atoms with Crippen LogP contribution in [0.2, 0.25) is 0 Å². The Morgan fingerprint density at radius 1 is 1.29 bits per heavy atom. The first-order chi connectivity index (χ1) is 13.2. The third-order valence-corrected chi connectivity index (χ3v) is 5.71. The molecule has 0 bridgehead atoms. The van der Waals surface area contributed by atoms with Gasteiger partial charge in [0, 0.05) is 30.7 Å². The largest absolute Gasteiger partial charge is 0.350 e. The van der Waals surface area contributed by atoms with Crippen molar-refractivity contribution in [3.63, 3.8) is 0 Å². The van der Waals surface area contributed by atoms with Crippen LogP contribution in [0.1, 0.15) is 55.4 Å². The molecule has 28 heavy (non-hydrogen) atoms. The number of hydrogen-bond acceptors (Lipinski definition) is 3. The van der Waals surface area contributed by atoms with Crippen molar-refractivity contribution in [2.24, 2.45) is 5.41 Å². The molecule has 1 aromatic carbocycles. The molecule has 0 saturated carbocycles. The van der Waals surface area contributed by atoms with Gasteiger partial charge in [0.1, 0.15) is 5.69 Å². The molecule has 2 N–H and O–H groups in total. The molecule has 0 spiro atoms. The van der Waals surface area contributed by atoms with Crippen molar-refractivity contribution in [2.75, 3.05) is 19.6 Å². The Hall–Kier alpha value is -2.63. The molecular weight excluding hydrogens is 352 g/mol. The molecule has 1 fully saturated rings. The highest BCUT2D eigenvalue weighted by atomic mass is 16.2. The maximum atomic E-state index is 13.3. The quantitative estimate of drug-likeness (QED) is 0.834. The summed E-state index contributed by atoms with van der Waals surface area (Å²) >= 11 is 0. The van der Waals surface area contributed by atoms with Gasteiger partial charge in [0.2, 0.25) is 5.91 Å². The van der Waals surface area contributed by atoms with Gasteiger partial charge in [-0.3, -0.25) is 14.7 Å². The van der Waals surface area contributed by atoms with E-state index in [1.54, 1.807) is 6.07 Å². The fourth-order valence-electron chi connectivity index (χ4n) is 3.93. The van der Waals surface area contributed by atoms with E-state index in [2.05, 4.69) is 22.4 Å². The molecule has 3 rings (SSSR count). The van der Waals surface area contributed by atoms with Crippen LogP contribution in [0.25, 0.3) is 0 Å². The zero-order chi connectivity index (χ0) is 20.4. The number of carbonyl (C=O) groups is 2. The summed E-state index contributed by atoms with van der Waals surface area (Å²) < 4.78 is 0. The van der Waals surface area contributed by atoms with Gasteiger partial charge in [0.25, 0.3) is 5.91 Å². The Morgan fingerprint density at radius 2 is 2.00 bits per heavy atom. The number of benzene rings is 1. The van der Waals surface area contributed by atoms with Gasteiger partial charge in [-0.25, -0.2) is 0 Å². The van der Waals surface area contributed by atoms with Crippen LogP contribution in [-0.4, -0.2) is 46.5 Å². The van der Waals surface area contributed by atoms with Gasteiger partial charge in [-0.1, -0.05) is 37.3 Å². The predicted octanol–water partition coefficient (Wildman–Crippen LogP) is 3.05. The first kappa shape index (κ1) is 20.1. The van der Waals surface area contributed by atoms with E-state index in [0.29, 0.717) is 18.8 Å². The van der Waals surface area contributed by atoms with Gasteiger partial charge >= 0.3 is 0 Å². The topological polar surface area (TPSA) is 78.1 Å². The number of H-pyrrole nitrogens is 1. The van der Waals surface area contributed by atoms with E-state index in [9.17, 15) is 9.59 Å². The maximum Gasteiger partial charge on any atom is 0.271 e. The van der Waals surface area contributed by atoms with E-state index in [-0.39, 0.29) is 17.2 Å². The Labute approximate surface area is 166 Å². The number of amides is 2. The van der Waals surface area contributed by atoms with Crippen molar-refractivity contribution in [3.8, 4) is 0 Å². The van der Waals surface area contributed by atoms with Gasteiger partial charge in [-0.15, -0.1) is 0 Å². The molecule has 0 radical (unpaired) electrons. The van der Waals surface area contributed by atoms with E-state index in [1.165, 1.54) is 0 Å². The van der Waals surface area contributed by atoms with Crippen molar-refractivity contribution in [2.45, 2.75) is 46.0 Å². The Bertz CT molecular complexity index is 843. The van der Waals surface area contributed by atoms with Crippen LogP contribution in [0.4, 0.5) is 0 Å². The summed E-state index contributed by atoms with van der Waals surface area (Å²) in [4.78, 5) is 27.6. The number of nitrogens with one attached hydrogen (secondary N) is 2. The lowest BCUT2D eigenvalue weighted by atomic mass is 9.78. The molecule has 2 amide bonds. The smallest absolute Gasteiger partial charge is 0.271 e. The van der Waals surface area contributed by atoms with Crippen molar-refractivity contribution in [1.82, 2.24) is 20.4 Å². The van der Waals surface area contributed by atoms with E-state index >= 15 is 0 Å². The molecule has 1 aliphatic rings. The molecule has 1 unspecified atom stereocenters. The van der Waals surface area contributed by atoms with Crippen molar-refractivity contribution < 1.29 is 9.59 Å². The molecule has 150 valence electrons. The highest BCUT2D eigenvalue weighted by molar-refractivity contribution is 5.92. The standard InChI is InChI=1S/C22H30N4O2/c1-16-13-18(25-24-16)19(27)23-14-22(4)11-8-12-26(15-22)20(28)21(2,3)17-9-6-5-7-10-17/h5-7,9-10,13H,8,11-12,14-15H2,1-4H3,(H,23,27)(H,24,25). The first-order valence-corrected chi connectivity index (χ1v) is 9.86. The van der Waals surface area contributed by atoms with Crippen molar-refractivity contribution >= 4 is 11.8 Å². The molecular formula is C22H30N4O2. The average molecular weight is 383 g/mol. The Kier molecular flexibility index (Phi) is 5.59. The lowest BCUT2D eigenvalue weighted by Gasteiger charge is -2.43. The second-order valence-corrected chi connectivity index (χ2v) is 8.75. The van der Waals surface area contributed by atoms with Crippen molar-refractivity contribution in [1.29, 1.82) is 0 Å². The van der Waals surface area contributed by atoms with Crippen LogP contribution in [0.15, 0.2) is 36.4 Å². The van der Waals surface area contributed by atoms with Crippen LogP contribution in [0, 0.1) is 12.3 Å². The number of aryl methyl sites for hydroxylation is 1. The number of nitrogens with zero attached hydrogens (tertiary/aromatic N) is 2. The number of piperidine rings is 1. The molecule has 6 nitrogen and oxygen atoms in total. The number of aromatic amines is 1. The summed E-state index contributed by atoms with van der Waals surface area (Å²) in [7, 11) is 0. The normalized spacial score (nSPS) is 20.1. The maximum absolute atomic E-state index is 13.3. The molecule has 1 saturated heterocycles. The molecule has 6 heteroatoms. The van der Waals surface area contributed by atoms with Gasteiger partial charge in [-0.05, 0) is 45.2 Å². The summed E-state index contributed by atoms with van der Waals surface area (Å²) in [6.45, 7) is 9.89. The van der Waals surface area contributed by atoms with Crippen LogP contribution in [0.3, 0.4) is 0 Å². The number of carbonyl (C=O) groups excluding carboxylic acids is 2. The minimum atomic E-state index is -0.574. The fourth-order valence-corrected chi connectivity index (χ4v) is 3.93. The van der Waals surface area contributed by atoms with E-state index < -0.39 is 5.41 Å². The van der Waals surface area contributed by atoms with Crippen LogP contribution < -0.4 is 5.32 Å².